The van der Waals surface area contributed by atoms with E-state index < -0.39 is 0 Å². The highest BCUT2D eigenvalue weighted by Crippen LogP contribution is 2.26. The van der Waals surface area contributed by atoms with Gasteiger partial charge in [0, 0.05) is 5.71 Å². The van der Waals surface area contributed by atoms with Crippen molar-refractivity contribution in [2.24, 2.45) is 16.9 Å². The van der Waals surface area contributed by atoms with E-state index >= 15 is 0 Å². The summed E-state index contributed by atoms with van der Waals surface area (Å²) in [5, 5.41) is 4.77. The third-order valence-corrected chi connectivity index (χ3v) is 4.02. The van der Waals surface area contributed by atoms with Crippen LogP contribution in [0, 0.1) is 11.8 Å². The summed E-state index contributed by atoms with van der Waals surface area (Å²) in [7, 11) is 0. The van der Waals surface area contributed by atoms with Gasteiger partial charge in [0.15, 0.2) is 0 Å². The van der Waals surface area contributed by atoms with Crippen LogP contribution in [0.4, 0.5) is 0 Å². The molecule has 1 aliphatic rings. The lowest BCUT2D eigenvalue weighted by molar-refractivity contribution is 0.0954. The molecule has 1 N–H and O–H groups in total. The average molecular weight is 279 g/mol. The Morgan fingerprint density at radius 3 is 2.53 bits per heavy atom. The van der Waals surface area contributed by atoms with Gasteiger partial charge in [-0.25, -0.2) is 5.43 Å². The van der Waals surface area contributed by atoms with Crippen LogP contribution in [0.2, 0.25) is 5.02 Å². The van der Waals surface area contributed by atoms with Crippen LogP contribution in [0.15, 0.2) is 29.4 Å². The summed E-state index contributed by atoms with van der Waals surface area (Å²) in [6, 6.07) is 7.00. The van der Waals surface area contributed by atoms with E-state index in [4.69, 9.17) is 11.6 Å². The Balaban J connectivity index is 2.09. The molecule has 0 aliphatic heterocycles. The number of benzene rings is 1. The predicted octanol–water partition coefficient (Wildman–Crippen LogP) is 3.88. The largest absolute Gasteiger partial charge is 0.272 e. The van der Waals surface area contributed by atoms with Crippen LogP contribution >= 0.6 is 11.6 Å². The molecule has 1 fully saturated rings. The number of hydrogen-bond donors (Lipinski definition) is 1. The van der Waals surface area contributed by atoms with Gasteiger partial charge in [-0.15, -0.1) is 0 Å². The molecular weight excluding hydrogens is 260 g/mol. The van der Waals surface area contributed by atoms with Gasteiger partial charge in [-0.2, -0.15) is 5.10 Å². The SMILES string of the molecule is C[C@H]1CCC[C@H](C)C1=NNC(=O)c1ccccc1Cl. The molecule has 1 saturated carbocycles. The van der Waals surface area contributed by atoms with E-state index in [2.05, 4.69) is 24.4 Å². The molecule has 1 aliphatic carbocycles. The van der Waals surface area contributed by atoms with Crippen LogP contribution in [0.5, 0.6) is 0 Å². The molecule has 1 aromatic rings. The van der Waals surface area contributed by atoms with Gasteiger partial charge >= 0.3 is 0 Å². The smallest absolute Gasteiger partial charge is 0.267 e. The van der Waals surface area contributed by atoms with E-state index in [1.165, 1.54) is 6.42 Å². The Kier molecular flexibility index (Phi) is 4.59. The predicted molar refractivity (Wildman–Crippen MR) is 78.5 cm³/mol. The van der Waals surface area contributed by atoms with Crippen LogP contribution in [-0.2, 0) is 0 Å². The number of nitrogens with zero attached hydrogens (tertiary/aromatic N) is 1. The number of hydrazone groups is 1. The van der Waals surface area contributed by atoms with Crippen molar-refractivity contribution in [3.05, 3.63) is 34.9 Å². The lowest BCUT2D eigenvalue weighted by atomic mass is 9.81. The summed E-state index contributed by atoms with van der Waals surface area (Å²) < 4.78 is 0. The Morgan fingerprint density at radius 2 is 1.89 bits per heavy atom. The fourth-order valence-electron chi connectivity index (χ4n) is 2.55. The van der Waals surface area contributed by atoms with Crippen molar-refractivity contribution in [3.8, 4) is 0 Å². The fourth-order valence-corrected chi connectivity index (χ4v) is 2.77. The molecule has 0 heterocycles. The van der Waals surface area contributed by atoms with Crippen LogP contribution < -0.4 is 5.43 Å². The van der Waals surface area contributed by atoms with Crippen LogP contribution in [0.1, 0.15) is 43.5 Å². The molecule has 1 aromatic carbocycles. The first-order chi connectivity index (χ1) is 9.09. The zero-order valence-corrected chi connectivity index (χ0v) is 12.1. The van der Waals surface area contributed by atoms with E-state index in [-0.39, 0.29) is 5.91 Å². The molecule has 0 saturated heterocycles. The highest BCUT2D eigenvalue weighted by molar-refractivity contribution is 6.33. The van der Waals surface area contributed by atoms with E-state index in [0.717, 1.165) is 18.6 Å². The Bertz CT molecular complexity index is 487. The first kappa shape index (κ1) is 14.1. The summed E-state index contributed by atoms with van der Waals surface area (Å²) in [5.41, 5.74) is 4.19. The number of hydrogen-bond acceptors (Lipinski definition) is 2. The first-order valence-corrected chi connectivity index (χ1v) is 7.09. The highest BCUT2D eigenvalue weighted by Gasteiger charge is 2.23. The second kappa shape index (κ2) is 6.20. The quantitative estimate of drug-likeness (QED) is 0.820. The Hall–Kier alpha value is -1.35. The third-order valence-electron chi connectivity index (χ3n) is 3.69. The zero-order valence-electron chi connectivity index (χ0n) is 11.3. The number of rotatable bonds is 2. The minimum Gasteiger partial charge on any atom is -0.267 e. The molecule has 0 aromatic heterocycles. The molecule has 0 spiro atoms. The van der Waals surface area contributed by atoms with Gasteiger partial charge in [0.1, 0.15) is 0 Å². The number of carbonyl (C=O) groups excluding carboxylic acids is 1. The first-order valence-electron chi connectivity index (χ1n) is 6.72. The molecule has 2 atom stereocenters. The normalized spacial score (nSPS) is 23.0. The minimum absolute atomic E-state index is 0.247. The highest BCUT2D eigenvalue weighted by atomic mass is 35.5. The lowest BCUT2D eigenvalue weighted by Crippen LogP contribution is -2.29. The molecule has 1 amide bonds. The number of nitrogens with one attached hydrogen (secondary N) is 1. The molecular formula is C15H19ClN2O. The minimum atomic E-state index is -0.247. The number of halogens is 1. The molecule has 0 bridgehead atoms. The van der Waals surface area contributed by atoms with Crippen molar-refractivity contribution < 1.29 is 4.79 Å². The van der Waals surface area contributed by atoms with E-state index in [1.807, 2.05) is 0 Å². The molecule has 4 heteroatoms. The van der Waals surface area contributed by atoms with E-state index in [0.29, 0.717) is 22.4 Å². The van der Waals surface area contributed by atoms with Gasteiger partial charge in [-0.05, 0) is 36.8 Å². The number of amides is 1. The van der Waals surface area contributed by atoms with Crippen molar-refractivity contribution in [2.75, 3.05) is 0 Å². The standard InChI is InChI=1S/C15H19ClN2O/c1-10-6-5-7-11(2)14(10)17-18-15(19)12-8-3-4-9-13(12)16/h3-4,8-11H,5-7H2,1-2H3,(H,18,19)/t10-,11-/m0/s1. The maximum atomic E-state index is 12.0. The van der Waals surface area contributed by atoms with Gasteiger partial charge in [0.05, 0.1) is 10.6 Å². The van der Waals surface area contributed by atoms with Crippen molar-refractivity contribution >= 4 is 23.2 Å². The summed E-state index contributed by atoms with van der Waals surface area (Å²) in [5.74, 6) is 0.633. The topological polar surface area (TPSA) is 41.5 Å². The van der Waals surface area contributed by atoms with Crippen LogP contribution in [0.25, 0.3) is 0 Å². The summed E-state index contributed by atoms with van der Waals surface area (Å²) >= 11 is 5.99. The van der Waals surface area contributed by atoms with Crippen molar-refractivity contribution in [1.29, 1.82) is 0 Å². The van der Waals surface area contributed by atoms with E-state index in [9.17, 15) is 4.79 Å². The van der Waals surface area contributed by atoms with Crippen molar-refractivity contribution in [2.45, 2.75) is 33.1 Å². The maximum Gasteiger partial charge on any atom is 0.272 e. The van der Waals surface area contributed by atoms with E-state index in [1.54, 1.807) is 24.3 Å². The molecule has 2 rings (SSSR count). The maximum absolute atomic E-state index is 12.0. The Morgan fingerprint density at radius 1 is 1.26 bits per heavy atom. The monoisotopic (exact) mass is 278 g/mol. The van der Waals surface area contributed by atoms with Gasteiger partial charge in [-0.1, -0.05) is 44.0 Å². The lowest BCUT2D eigenvalue weighted by Gasteiger charge is -2.26. The van der Waals surface area contributed by atoms with Crippen LogP contribution in [0.3, 0.4) is 0 Å². The Labute approximate surface area is 119 Å². The molecule has 19 heavy (non-hydrogen) atoms. The second-order valence-electron chi connectivity index (χ2n) is 5.19. The molecule has 3 nitrogen and oxygen atoms in total. The van der Waals surface area contributed by atoms with Gasteiger partial charge in [0.2, 0.25) is 0 Å². The third kappa shape index (κ3) is 3.35. The summed E-state index contributed by atoms with van der Waals surface area (Å²) in [4.78, 5) is 12.0. The number of carbonyl (C=O) groups is 1. The van der Waals surface area contributed by atoms with Gasteiger partial charge in [-0.3, -0.25) is 4.79 Å². The second-order valence-corrected chi connectivity index (χ2v) is 5.60. The van der Waals surface area contributed by atoms with Crippen molar-refractivity contribution in [1.82, 2.24) is 5.43 Å². The van der Waals surface area contributed by atoms with Crippen LogP contribution in [-0.4, -0.2) is 11.6 Å². The molecule has 0 unspecified atom stereocenters. The van der Waals surface area contributed by atoms with Gasteiger partial charge < -0.3 is 0 Å². The van der Waals surface area contributed by atoms with Gasteiger partial charge in [0.25, 0.3) is 5.91 Å². The molecule has 102 valence electrons. The summed E-state index contributed by atoms with van der Waals surface area (Å²) in [6.07, 6.45) is 3.52. The summed E-state index contributed by atoms with van der Waals surface area (Å²) in [6.45, 7) is 4.33. The molecule has 0 radical (unpaired) electrons. The fraction of sp³-hybridized carbons (Fsp3) is 0.467. The zero-order chi connectivity index (χ0) is 13.8. The average Bonchev–Trinajstić information content (AvgIpc) is 2.38. The van der Waals surface area contributed by atoms with Crippen molar-refractivity contribution in [3.63, 3.8) is 0 Å².